The molecule has 0 radical (unpaired) electrons. The van der Waals surface area contributed by atoms with E-state index in [9.17, 15) is 8.42 Å². The van der Waals surface area contributed by atoms with Crippen molar-refractivity contribution in [2.45, 2.75) is 13.8 Å². The maximum atomic E-state index is 10.9. The van der Waals surface area contributed by atoms with Crippen molar-refractivity contribution < 1.29 is 8.42 Å². The van der Waals surface area contributed by atoms with Crippen molar-refractivity contribution in [3.8, 4) is 0 Å². The molecule has 0 bridgehead atoms. The molecule has 0 amide bonds. The largest absolute Gasteiger partial charge is 0.275 e. The van der Waals surface area contributed by atoms with Crippen molar-refractivity contribution in [1.29, 1.82) is 0 Å². The molecule has 0 atom stereocenters. The summed E-state index contributed by atoms with van der Waals surface area (Å²) in [5, 5.41) is 0. The SMILES string of the molecule is C=C(C)N(CC)S(C)(=O)=O. The van der Waals surface area contributed by atoms with Crippen LogP contribution in [-0.4, -0.2) is 25.5 Å². The fourth-order valence-electron chi connectivity index (χ4n) is 0.788. The number of hydrogen-bond donors (Lipinski definition) is 0. The first-order valence-electron chi connectivity index (χ1n) is 3.02. The lowest BCUT2D eigenvalue weighted by molar-refractivity contribution is 0.498. The Morgan fingerprint density at radius 3 is 2.00 bits per heavy atom. The highest BCUT2D eigenvalue weighted by molar-refractivity contribution is 7.88. The van der Waals surface area contributed by atoms with E-state index in [2.05, 4.69) is 6.58 Å². The van der Waals surface area contributed by atoms with Crippen molar-refractivity contribution in [2.75, 3.05) is 12.8 Å². The summed E-state index contributed by atoms with van der Waals surface area (Å²) in [6.07, 6.45) is 1.17. The van der Waals surface area contributed by atoms with Gasteiger partial charge in [0.25, 0.3) is 0 Å². The van der Waals surface area contributed by atoms with Crippen LogP contribution in [-0.2, 0) is 10.0 Å². The van der Waals surface area contributed by atoms with Crippen LogP contribution in [0, 0.1) is 0 Å². The molecule has 60 valence electrons. The van der Waals surface area contributed by atoms with Crippen molar-refractivity contribution in [2.24, 2.45) is 0 Å². The summed E-state index contributed by atoms with van der Waals surface area (Å²) < 4.78 is 23.0. The lowest BCUT2D eigenvalue weighted by Gasteiger charge is -2.19. The molecule has 0 aliphatic carbocycles. The standard InChI is InChI=1S/C6H13NO2S/c1-5-7(6(2)3)10(4,8)9/h2,5H2,1,3-4H3. The lowest BCUT2D eigenvalue weighted by Crippen LogP contribution is -2.27. The Kier molecular flexibility index (Phi) is 2.90. The number of allylic oxidation sites excluding steroid dienone is 1. The maximum Gasteiger partial charge on any atom is 0.231 e. The van der Waals surface area contributed by atoms with Gasteiger partial charge in [0.05, 0.1) is 6.26 Å². The summed E-state index contributed by atoms with van der Waals surface area (Å²) in [7, 11) is -3.08. The minimum atomic E-state index is -3.08. The first-order valence-corrected chi connectivity index (χ1v) is 4.87. The van der Waals surface area contributed by atoms with Crippen molar-refractivity contribution in [3.05, 3.63) is 12.3 Å². The molecule has 10 heavy (non-hydrogen) atoms. The van der Waals surface area contributed by atoms with E-state index in [0.717, 1.165) is 0 Å². The number of rotatable bonds is 3. The number of sulfonamides is 1. The zero-order chi connectivity index (χ0) is 8.36. The third-order valence-corrected chi connectivity index (χ3v) is 2.48. The summed E-state index contributed by atoms with van der Waals surface area (Å²) in [5.41, 5.74) is 0.560. The molecule has 0 spiro atoms. The fraction of sp³-hybridized carbons (Fsp3) is 0.667. The van der Waals surface area contributed by atoms with Crippen LogP contribution >= 0.6 is 0 Å². The maximum absolute atomic E-state index is 10.9. The normalized spacial score (nSPS) is 11.1. The van der Waals surface area contributed by atoms with Gasteiger partial charge in [-0.05, 0) is 13.8 Å². The molecule has 0 saturated heterocycles. The van der Waals surface area contributed by atoms with E-state index in [1.165, 1.54) is 10.6 Å². The van der Waals surface area contributed by atoms with E-state index in [0.29, 0.717) is 12.2 Å². The molecular formula is C6H13NO2S. The second-order valence-electron chi connectivity index (χ2n) is 2.16. The predicted molar refractivity (Wildman–Crippen MR) is 42.0 cm³/mol. The molecule has 4 heteroatoms. The molecule has 0 unspecified atom stereocenters. The topological polar surface area (TPSA) is 37.4 Å². The molecule has 0 rings (SSSR count). The Morgan fingerprint density at radius 1 is 1.60 bits per heavy atom. The van der Waals surface area contributed by atoms with Crippen LogP contribution in [0.1, 0.15) is 13.8 Å². The summed E-state index contributed by atoms with van der Waals surface area (Å²) >= 11 is 0. The fourth-order valence-corrected chi connectivity index (χ4v) is 1.82. The van der Waals surface area contributed by atoms with Crippen molar-refractivity contribution in [3.63, 3.8) is 0 Å². The molecule has 0 fully saturated rings. The first-order chi connectivity index (χ1) is 4.39. The van der Waals surface area contributed by atoms with E-state index >= 15 is 0 Å². The Bertz CT molecular complexity index is 218. The summed E-state index contributed by atoms with van der Waals surface area (Å²) in [4.78, 5) is 0. The minimum absolute atomic E-state index is 0.453. The highest BCUT2D eigenvalue weighted by Gasteiger charge is 2.11. The van der Waals surface area contributed by atoms with Crippen LogP contribution in [0.25, 0.3) is 0 Å². The second kappa shape index (κ2) is 3.05. The van der Waals surface area contributed by atoms with Crippen LogP contribution in [0.5, 0.6) is 0 Å². The molecule has 0 heterocycles. The Morgan fingerprint density at radius 2 is 2.00 bits per heavy atom. The quantitative estimate of drug-likeness (QED) is 0.617. The minimum Gasteiger partial charge on any atom is -0.275 e. The molecule has 0 saturated carbocycles. The summed E-state index contributed by atoms with van der Waals surface area (Å²) in [5.74, 6) is 0. The van der Waals surface area contributed by atoms with Gasteiger partial charge in [-0.3, -0.25) is 4.31 Å². The molecule has 0 N–H and O–H groups in total. The summed E-state index contributed by atoms with van der Waals surface area (Å²) in [6, 6.07) is 0. The van der Waals surface area contributed by atoms with Crippen molar-refractivity contribution >= 4 is 10.0 Å². The zero-order valence-electron chi connectivity index (χ0n) is 6.59. The van der Waals surface area contributed by atoms with Crippen LogP contribution < -0.4 is 0 Å². The molecule has 0 aromatic rings. The van der Waals surface area contributed by atoms with Gasteiger partial charge in [-0.15, -0.1) is 0 Å². The molecule has 3 nitrogen and oxygen atoms in total. The average molecular weight is 163 g/mol. The second-order valence-corrected chi connectivity index (χ2v) is 4.07. The smallest absolute Gasteiger partial charge is 0.231 e. The van der Waals surface area contributed by atoms with Crippen LogP contribution in [0.3, 0.4) is 0 Å². The Balaban J connectivity index is 4.55. The molecule has 0 aliphatic rings. The van der Waals surface area contributed by atoms with Gasteiger partial charge in [-0.25, -0.2) is 8.42 Å². The molecular weight excluding hydrogens is 150 g/mol. The highest BCUT2D eigenvalue weighted by Crippen LogP contribution is 2.04. The van der Waals surface area contributed by atoms with Gasteiger partial charge in [0.15, 0.2) is 0 Å². The van der Waals surface area contributed by atoms with Gasteiger partial charge in [-0.1, -0.05) is 6.58 Å². The van der Waals surface area contributed by atoms with Gasteiger partial charge >= 0.3 is 0 Å². The molecule has 0 aromatic carbocycles. The van der Waals surface area contributed by atoms with Gasteiger partial charge in [-0.2, -0.15) is 0 Å². The summed E-state index contributed by atoms with van der Waals surface area (Å²) in [6.45, 7) is 7.44. The highest BCUT2D eigenvalue weighted by atomic mass is 32.2. The molecule has 0 aliphatic heterocycles. The van der Waals surface area contributed by atoms with Gasteiger partial charge in [0.2, 0.25) is 10.0 Å². The number of hydrogen-bond acceptors (Lipinski definition) is 2. The average Bonchev–Trinajstić information content (AvgIpc) is 1.60. The monoisotopic (exact) mass is 163 g/mol. The Labute approximate surface area is 62.4 Å². The van der Waals surface area contributed by atoms with Gasteiger partial charge in [0, 0.05) is 12.2 Å². The first kappa shape index (κ1) is 9.49. The van der Waals surface area contributed by atoms with Crippen LogP contribution in [0.15, 0.2) is 12.3 Å². The van der Waals surface area contributed by atoms with Crippen molar-refractivity contribution in [1.82, 2.24) is 4.31 Å². The van der Waals surface area contributed by atoms with E-state index in [4.69, 9.17) is 0 Å². The van der Waals surface area contributed by atoms with E-state index in [1.54, 1.807) is 13.8 Å². The number of nitrogens with zero attached hydrogens (tertiary/aromatic N) is 1. The third-order valence-electron chi connectivity index (χ3n) is 1.11. The molecule has 0 aromatic heterocycles. The van der Waals surface area contributed by atoms with Gasteiger partial charge in [0.1, 0.15) is 0 Å². The lowest BCUT2D eigenvalue weighted by atomic mass is 10.5. The van der Waals surface area contributed by atoms with Gasteiger partial charge < -0.3 is 0 Å². The third kappa shape index (κ3) is 2.39. The van der Waals surface area contributed by atoms with E-state index in [1.807, 2.05) is 0 Å². The van der Waals surface area contributed by atoms with Crippen LogP contribution in [0.2, 0.25) is 0 Å². The Hall–Kier alpha value is -0.510. The van der Waals surface area contributed by atoms with E-state index < -0.39 is 10.0 Å². The zero-order valence-corrected chi connectivity index (χ0v) is 7.40. The predicted octanol–water partition coefficient (Wildman–Crippen LogP) is 0.802. The van der Waals surface area contributed by atoms with E-state index in [-0.39, 0.29) is 0 Å². The van der Waals surface area contributed by atoms with Crippen LogP contribution in [0.4, 0.5) is 0 Å².